The summed E-state index contributed by atoms with van der Waals surface area (Å²) in [5.74, 6) is 0.848. The zero-order valence-corrected chi connectivity index (χ0v) is 14.9. The average Bonchev–Trinajstić information content (AvgIpc) is 2.97. The molecule has 2 aliphatic rings. The molecule has 2 aliphatic heterocycles. The molecule has 4 rings (SSSR count). The predicted molar refractivity (Wildman–Crippen MR) is 100 cm³/mol. The number of methoxy groups -OCH3 is 1. The van der Waals surface area contributed by atoms with Crippen molar-refractivity contribution in [2.45, 2.75) is 25.2 Å². The van der Waals surface area contributed by atoms with Crippen LogP contribution in [0.15, 0.2) is 54.6 Å². The van der Waals surface area contributed by atoms with E-state index in [0.717, 1.165) is 37.5 Å². The van der Waals surface area contributed by atoms with E-state index in [2.05, 4.69) is 22.3 Å². The highest BCUT2D eigenvalue weighted by atomic mass is 16.5. The molecule has 0 aliphatic carbocycles. The number of hydrogen-bond donors (Lipinski definition) is 1. The number of nitrogens with one attached hydrogen (secondary N) is 1. The molecule has 0 spiro atoms. The third-order valence-electron chi connectivity index (χ3n) is 5.15. The molecule has 2 aromatic rings. The van der Waals surface area contributed by atoms with E-state index >= 15 is 0 Å². The summed E-state index contributed by atoms with van der Waals surface area (Å²) in [5.41, 5.74) is 2.06. The number of rotatable bonds is 5. The first-order valence-corrected chi connectivity index (χ1v) is 9.08. The number of morpholine rings is 1. The van der Waals surface area contributed by atoms with Crippen LogP contribution >= 0.6 is 0 Å². The van der Waals surface area contributed by atoms with Crippen LogP contribution in [0.4, 0.5) is 5.69 Å². The van der Waals surface area contributed by atoms with E-state index in [1.165, 1.54) is 5.56 Å². The molecule has 2 heterocycles. The molecule has 136 valence electrons. The molecular formula is C21H24N2O3. The second-order valence-electron chi connectivity index (χ2n) is 7.04. The topological polar surface area (TPSA) is 50.8 Å². The molecule has 3 atom stereocenters. The summed E-state index contributed by atoms with van der Waals surface area (Å²) in [6, 6.07) is 17.8. The molecule has 5 nitrogen and oxygen atoms in total. The highest BCUT2D eigenvalue weighted by molar-refractivity contribution is 5.93. The second-order valence-corrected chi connectivity index (χ2v) is 7.04. The van der Waals surface area contributed by atoms with E-state index in [-0.39, 0.29) is 24.0 Å². The van der Waals surface area contributed by atoms with Gasteiger partial charge in [0.2, 0.25) is 5.91 Å². The van der Waals surface area contributed by atoms with E-state index in [9.17, 15) is 4.79 Å². The summed E-state index contributed by atoms with van der Waals surface area (Å²) >= 11 is 0. The van der Waals surface area contributed by atoms with Crippen molar-refractivity contribution in [1.82, 2.24) is 4.90 Å². The van der Waals surface area contributed by atoms with E-state index in [1.807, 2.05) is 42.5 Å². The lowest BCUT2D eigenvalue weighted by molar-refractivity contribution is -0.123. The smallest absolute Gasteiger partial charge is 0.230 e. The van der Waals surface area contributed by atoms with Gasteiger partial charge < -0.3 is 14.8 Å². The Morgan fingerprint density at radius 2 is 2.04 bits per heavy atom. The lowest BCUT2D eigenvalue weighted by atomic mass is 9.99. The standard InChI is InChI=1S/C21H24N2O3/c1-25-17-9-5-6-15(10-17)12-23-13-18-11-19(20(14-23)26-18)21(24)22-16-7-3-2-4-8-16/h2-10,18-20H,11-14H2,1H3,(H,22,24)/t18-,19+,20-/m0/s1. The van der Waals surface area contributed by atoms with Crippen molar-refractivity contribution in [3.05, 3.63) is 60.2 Å². The molecule has 5 heteroatoms. The molecule has 2 bridgehead atoms. The monoisotopic (exact) mass is 352 g/mol. The van der Waals surface area contributed by atoms with Crippen molar-refractivity contribution in [3.63, 3.8) is 0 Å². The first-order valence-electron chi connectivity index (χ1n) is 9.08. The number of amides is 1. The van der Waals surface area contributed by atoms with E-state index in [1.54, 1.807) is 7.11 Å². The van der Waals surface area contributed by atoms with Gasteiger partial charge in [-0.05, 0) is 36.2 Å². The van der Waals surface area contributed by atoms with Gasteiger partial charge in [-0.25, -0.2) is 0 Å². The summed E-state index contributed by atoms with van der Waals surface area (Å²) in [7, 11) is 1.68. The molecule has 2 fully saturated rings. The molecule has 1 amide bonds. The molecular weight excluding hydrogens is 328 g/mol. The van der Waals surface area contributed by atoms with Crippen LogP contribution in [0.5, 0.6) is 5.75 Å². The number of para-hydroxylation sites is 1. The number of hydrogen-bond acceptors (Lipinski definition) is 4. The van der Waals surface area contributed by atoms with Gasteiger partial charge in [0, 0.05) is 25.3 Å². The van der Waals surface area contributed by atoms with Crippen molar-refractivity contribution in [2.24, 2.45) is 5.92 Å². The van der Waals surface area contributed by atoms with Crippen LogP contribution in [0.1, 0.15) is 12.0 Å². The number of carbonyl (C=O) groups excluding carboxylic acids is 1. The Labute approximate surface area is 153 Å². The molecule has 0 unspecified atom stereocenters. The maximum atomic E-state index is 12.7. The molecule has 2 aromatic carbocycles. The Morgan fingerprint density at radius 3 is 2.85 bits per heavy atom. The Bertz CT molecular complexity index is 765. The van der Waals surface area contributed by atoms with Gasteiger partial charge in [-0.2, -0.15) is 0 Å². The van der Waals surface area contributed by atoms with Gasteiger partial charge in [0.1, 0.15) is 5.75 Å². The first kappa shape index (κ1) is 17.1. The Balaban J connectivity index is 1.39. The van der Waals surface area contributed by atoms with Crippen LogP contribution in [0.25, 0.3) is 0 Å². The fourth-order valence-electron chi connectivity index (χ4n) is 3.93. The SMILES string of the molecule is COc1cccc(CN2C[C@@H]3C[C@@H](C(=O)Nc4ccccc4)[C@H](C2)O3)c1. The van der Waals surface area contributed by atoms with Crippen molar-refractivity contribution in [1.29, 1.82) is 0 Å². The quantitative estimate of drug-likeness (QED) is 0.899. The summed E-state index contributed by atoms with van der Waals surface area (Å²) in [6.45, 7) is 2.49. The molecule has 0 saturated carbocycles. The van der Waals surface area contributed by atoms with Crippen molar-refractivity contribution in [2.75, 3.05) is 25.5 Å². The number of likely N-dealkylation sites (tertiary alicyclic amines) is 1. The minimum absolute atomic E-state index is 0.0388. The lowest BCUT2D eigenvalue weighted by Gasteiger charge is -2.32. The van der Waals surface area contributed by atoms with Crippen LogP contribution in [0.2, 0.25) is 0 Å². The van der Waals surface area contributed by atoms with Gasteiger partial charge in [0.25, 0.3) is 0 Å². The Morgan fingerprint density at radius 1 is 1.19 bits per heavy atom. The molecule has 26 heavy (non-hydrogen) atoms. The highest BCUT2D eigenvalue weighted by Gasteiger charge is 2.44. The zero-order chi connectivity index (χ0) is 17.9. The van der Waals surface area contributed by atoms with Crippen LogP contribution in [0.3, 0.4) is 0 Å². The van der Waals surface area contributed by atoms with Gasteiger partial charge in [0.05, 0.1) is 25.2 Å². The van der Waals surface area contributed by atoms with Gasteiger partial charge in [-0.15, -0.1) is 0 Å². The van der Waals surface area contributed by atoms with Gasteiger partial charge >= 0.3 is 0 Å². The van der Waals surface area contributed by atoms with Crippen LogP contribution < -0.4 is 10.1 Å². The minimum atomic E-state index is -0.0875. The lowest BCUT2D eigenvalue weighted by Crippen LogP contribution is -2.44. The maximum absolute atomic E-state index is 12.7. The number of nitrogens with zero attached hydrogens (tertiary/aromatic N) is 1. The van der Waals surface area contributed by atoms with Crippen LogP contribution in [0, 0.1) is 5.92 Å². The predicted octanol–water partition coefficient (Wildman–Crippen LogP) is 2.92. The minimum Gasteiger partial charge on any atom is -0.497 e. The fraction of sp³-hybridized carbons (Fsp3) is 0.381. The van der Waals surface area contributed by atoms with Crippen molar-refractivity contribution in [3.8, 4) is 5.75 Å². The Kier molecular flexibility index (Phi) is 4.91. The second kappa shape index (κ2) is 7.48. The van der Waals surface area contributed by atoms with Gasteiger partial charge in [0.15, 0.2) is 0 Å². The highest BCUT2D eigenvalue weighted by Crippen LogP contribution is 2.33. The number of fused-ring (bicyclic) bond motifs is 2. The average molecular weight is 352 g/mol. The maximum Gasteiger partial charge on any atom is 0.230 e. The third kappa shape index (κ3) is 3.74. The molecule has 1 N–H and O–H groups in total. The molecule has 0 aromatic heterocycles. The van der Waals surface area contributed by atoms with E-state index in [4.69, 9.17) is 9.47 Å². The van der Waals surface area contributed by atoms with Crippen molar-refractivity contribution < 1.29 is 14.3 Å². The summed E-state index contributed by atoms with van der Waals surface area (Å²) in [6.07, 6.45) is 0.881. The number of benzene rings is 2. The van der Waals surface area contributed by atoms with Gasteiger partial charge in [-0.3, -0.25) is 9.69 Å². The molecule has 2 saturated heterocycles. The van der Waals surface area contributed by atoms with Crippen LogP contribution in [-0.2, 0) is 16.1 Å². The van der Waals surface area contributed by atoms with E-state index < -0.39 is 0 Å². The molecule has 0 radical (unpaired) electrons. The normalized spacial score (nSPS) is 25.0. The van der Waals surface area contributed by atoms with E-state index in [0.29, 0.717) is 0 Å². The number of ether oxygens (including phenoxy) is 2. The van der Waals surface area contributed by atoms with Crippen LogP contribution in [-0.4, -0.2) is 43.2 Å². The first-order chi connectivity index (χ1) is 12.7. The Hall–Kier alpha value is -2.37. The number of anilines is 1. The van der Waals surface area contributed by atoms with Gasteiger partial charge in [-0.1, -0.05) is 30.3 Å². The fourth-order valence-corrected chi connectivity index (χ4v) is 3.93. The summed E-state index contributed by atoms with van der Waals surface area (Å²) in [5, 5.41) is 3.02. The largest absolute Gasteiger partial charge is 0.497 e. The summed E-state index contributed by atoms with van der Waals surface area (Å²) < 4.78 is 11.4. The van der Waals surface area contributed by atoms with Crippen molar-refractivity contribution >= 4 is 11.6 Å². The summed E-state index contributed by atoms with van der Waals surface area (Å²) in [4.78, 5) is 15.1. The number of carbonyl (C=O) groups is 1. The third-order valence-corrected chi connectivity index (χ3v) is 5.15. The zero-order valence-electron chi connectivity index (χ0n) is 14.9.